The van der Waals surface area contributed by atoms with Gasteiger partial charge in [-0.1, -0.05) is 29.8 Å². The van der Waals surface area contributed by atoms with Crippen molar-refractivity contribution in [1.82, 2.24) is 29.4 Å². The van der Waals surface area contributed by atoms with E-state index in [1.54, 1.807) is 19.5 Å². The van der Waals surface area contributed by atoms with E-state index in [1.165, 1.54) is 6.33 Å². The van der Waals surface area contributed by atoms with Gasteiger partial charge < -0.3 is 19.1 Å². The standard InChI is InChI=1S/C23H22ClN7O2/c1-33-23-25-12-16(13-26-23)17-4-2-3-5-19(17)29-8-10-30(11-9-29)20(32)14-31-7-6-18-21(24)27-15-28-22(18)31/h2-7,12-13,15H,8-11,14H2,1H3. The van der Waals surface area contributed by atoms with Crippen molar-refractivity contribution < 1.29 is 9.53 Å². The van der Waals surface area contributed by atoms with Crippen molar-refractivity contribution in [3.63, 3.8) is 0 Å². The van der Waals surface area contributed by atoms with Gasteiger partial charge in [0.2, 0.25) is 5.91 Å². The lowest BCUT2D eigenvalue weighted by Crippen LogP contribution is -2.49. The molecule has 0 bridgehead atoms. The first-order valence-electron chi connectivity index (χ1n) is 10.6. The number of carbonyl (C=O) groups excluding carboxylic acids is 1. The molecule has 1 amide bonds. The zero-order chi connectivity index (χ0) is 22.8. The lowest BCUT2D eigenvalue weighted by molar-refractivity contribution is -0.132. The molecule has 4 aromatic rings. The van der Waals surface area contributed by atoms with Crippen molar-refractivity contribution in [3.8, 4) is 17.1 Å². The van der Waals surface area contributed by atoms with Crippen LogP contribution in [0.25, 0.3) is 22.2 Å². The lowest BCUT2D eigenvalue weighted by Gasteiger charge is -2.37. The van der Waals surface area contributed by atoms with Crippen molar-refractivity contribution in [2.45, 2.75) is 6.54 Å². The van der Waals surface area contributed by atoms with Gasteiger partial charge in [-0.05, 0) is 12.1 Å². The Labute approximate surface area is 195 Å². The second-order valence-electron chi connectivity index (χ2n) is 7.69. The fourth-order valence-corrected chi connectivity index (χ4v) is 4.29. The molecule has 9 nitrogen and oxygen atoms in total. The van der Waals surface area contributed by atoms with E-state index < -0.39 is 0 Å². The Kier molecular flexibility index (Phi) is 5.78. The van der Waals surface area contributed by atoms with Crippen LogP contribution in [0, 0.1) is 0 Å². The van der Waals surface area contributed by atoms with E-state index in [4.69, 9.17) is 16.3 Å². The van der Waals surface area contributed by atoms with Gasteiger partial charge in [0.25, 0.3) is 0 Å². The summed E-state index contributed by atoms with van der Waals surface area (Å²) in [7, 11) is 1.55. The monoisotopic (exact) mass is 463 g/mol. The van der Waals surface area contributed by atoms with Gasteiger partial charge in [0.15, 0.2) is 0 Å². The smallest absolute Gasteiger partial charge is 0.316 e. The van der Waals surface area contributed by atoms with Crippen molar-refractivity contribution in [1.29, 1.82) is 0 Å². The highest BCUT2D eigenvalue weighted by molar-refractivity contribution is 6.33. The van der Waals surface area contributed by atoms with Gasteiger partial charge in [-0.15, -0.1) is 0 Å². The van der Waals surface area contributed by atoms with Crippen LogP contribution in [0.3, 0.4) is 0 Å². The second-order valence-corrected chi connectivity index (χ2v) is 8.05. The number of methoxy groups -OCH3 is 1. The number of rotatable bonds is 5. The maximum absolute atomic E-state index is 13.0. The Morgan fingerprint density at radius 1 is 1.03 bits per heavy atom. The zero-order valence-corrected chi connectivity index (χ0v) is 18.8. The van der Waals surface area contributed by atoms with Crippen molar-refractivity contribution >= 4 is 34.2 Å². The molecule has 0 N–H and O–H groups in total. The first kappa shape index (κ1) is 21.1. The highest BCUT2D eigenvalue weighted by Crippen LogP contribution is 2.31. The van der Waals surface area contributed by atoms with Crippen LogP contribution in [0.2, 0.25) is 5.15 Å². The normalized spacial score (nSPS) is 14.0. The number of piperazine rings is 1. The molecule has 168 valence electrons. The summed E-state index contributed by atoms with van der Waals surface area (Å²) in [5.74, 6) is 0.0544. The van der Waals surface area contributed by atoms with E-state index in [9.17, 15) is 4.79 Å². The molecule has 1 aliphatic heterocycles. The van der Waals surface area contributed by atoms with Crippen molar-refractivity contribution in [3.05, 3.63) is 60.4 Å². The zero-order valence-electron chi connectivity index (χ0n) is 18.1. The van der Waals surface area contributed by atoms with Gasteiger partial charge >= 0.3 is 6.01 Å². The molecule has 1 aliphatic rings. The summed E-state index contributed by atoms with van der Waals surface area (Å²) in [4.78, 5) is 33.9. The molecule has 10 heteroatoms. The van der Waals surface area contributed by atoms with E-state index in [2.05, 4.69) is 37.0 Å². The first-order chi connectivity index (χ1) is 16.1. The quantitative estimate of drug-likeness (QED) is 0.420. The van der Waals surface area contributed by atoms with Crippen molar-refractivity contribution in [2.75, 3.05) is 38.2 Å². The summed E-state index contributed by atoms with van der Waals surface area (Å²) < 4.78 is 6.88. The molecule has 1 aromatic carbocycles. The third kappa shape index (κ3) is 4.19. The number of anilines is 1. The summed E-state index contributed by atoms with van der Waals surface area (Å²) in [6, 6.07) is 10.3. The number of benzene rings is 1. The predicted octanol–water partition coefficient (Wildman–Crippen LogP) is 2.90. The van der Waals surface area contributed by atoms with Crippen LogP contribution >= 0.6 is 11.6 Å². The van der Waals surface area contributed by atoms with Crippen LogP contribution in [0.1, 0.15) is 0 Å². The van der Waals surface area contributed by atoms with Crippen LogP contribution in [0.15, 0.2) is 55.2 Å². The summed E-state index contributed by atoms with van der Waals surface area (Å²) in [5, 5.41) is 1.14. The molecule has 5 rings (SSSR count). The molecule has 3 aromatic heterocycles. The molecule has 33 heavy (non-hydrogen) atoms. The Balaban J connectivity index is 1.27. The largest absolute Gasteiger partial charge is 0.467 e. The number of nitrogens with zero attached hydrogens (tertiary/aromatic N) is 7. The predicted molar refractivity (Wildman–Crippen MR) is 125 cm³/mol. The molecular weight excluding hydrogens is 442 g/mol. The van der Waals surface area contributed by atoms with Crippen LogP contribution < -0.4 is 9.64 Å². The number of halogens is 1. The average Bonchev–Trinajstić information content (AvgIpc) is 3.28. The minimum atomic E-state index is 0.0544. The van der Waals surface area contributed by atoms with Gasteiger partial charge in [0.05, 0.1) is 12.5 Å². The SMILES string of the molecule is COc1ncc(-c2ccccc2N2CCN(C(=O)Cn3ccc4c(Cl)ncnc43)CC2)cn1. The third-order valence-corrected chi connectivity index (χ3v) is 6.11. The summed E-state index contributed by atoms with van der Waals surface area (Å²) in [6.07, 6.45) is 6.77. The van der Waals surface area contributed by atoms with Crippen LogP contribution in [-0.2, 0) is 11.3 Å². The first-order valence-corrected chi connectivity index (χ1v) is 11.0. The van der Waals surface area contributed by atoms with Gasteiger partial charge in [0.1, 0.15) is 23.7 Å². The second kappa shape index (κ2) is 9.03. The maximum atomic E-state index is 13.0. The average molecular weight is 464 g/mol. The number of carbonyl (C=O) groups is 1. The fraction of sp³-hybridized carbons (Fsp3) is 0.261. The number of aromatic nitrogens is 5. The highest BCUT2D eigenvalue weighted by atomic mass is 35.5. The molecule has 0 saturated carbocycles. The van der Waals surface area contributed by atoms with Gasteiger partial charge in [0, 0.05) is 61.6 Å². The molecule has 0 aliphatic carbocycles. The van der Waals surface area contributed by atoms with Crippen LogP contribution in [0.5, 0.6) is 6.01 Å². The Hall–Kier alpha value is -3.72. The van der Waals surface area contributed by atoms with Gasteiger partial charge in [-0.3, -0.25) is 4.79 Å². The molecule has 0 atom stereocenters. The van der Waals surface area contributed by atoms with Gasteiger partial charge in [-0.25, -0.2) is 19.9 Å². The summed E-state index contributed by atoms with van der Waals surface area (Å²) >= 11 is 6.12. The Morgan fingerprint density at radius 2 is 1.79 bits per heavy atom. The molecule has 0 unspecified atom stereocenters. The highest BCUT2D eigenvalue weighted by Gasteiger charge is 2.23. The number of amides is 1. The summed E-state index contributed by atoms with van der Waals surface area (Å²) in [6.45, 7) is 2.97. The Bertz CT molecular complexity index is 1280. The van der Waals surface area contributed by atoms with Crippen LogP contribution in [0.4, 0.5) is 5.69 Å². The molecular formula is C23H22ClN7O2. The van der Waals surface area contributed by atoms with E-state index >= 15 is 0 Å². The Morgan fingerprint density at radius 3 is 2.55 bits per heavy atom. The summed E-state index contributed by atoms with van der Waals surface area (Å²) in [5.41, 5.74) is 3.74. The van der Waals surface area contributed by atoms with E-state index in [0.717, 1.165) is 35.3 Å². The van der Waals surface area contributed by atoms with Crippen LogP contribution in [-0.4, -0.2) is 68.6 Å². The molecule has 4 heterocycles. The number of hydrogen-bond donors (Lipinski definition) is 0. The third-order valence-electron chi connectivity index (χ3n) is 5.81. The minimum Gasteiger partial charge on any atom is -0.467 e. The number of para-hydroxylation sites is 1. The maximum Gasteiger partial charge on any atom is 0.316 e. The number of hydrogen-bond acceptors (Lipinski definition) is 7. The number of ether oxygens (including phenoxy) is 1. The fourth-order valence-electron chi connectivity index (χ4n) is 4.10. The van der Waals surface area contributed by atoms with E-state index in [0.29, 0.717) is 29.9 Å². The van der Waals surface area contributed by atoms with Gasteiger partial charge in [-0.2, -0.15) is 0 Å². The lowest BCUT2D eigenvalue weighted by atomic mass is 10.1. The van der Waals surface area contributed by atoms with Crippen molar-refractivity contribution in [2.24, 2.45) is 0 Å². The molecule has 0 spiro atoms. The topological polar surface area (TPSA) is 89.3 Å². The number of fused-ring (bicyclic) bond motifs is 1. The van der Waals surface area contributed by atoms with E-state index in [1.807, 2.05) is 33.9 Å². The molecule has 1 fully saturated rings. The molecule has 1 saturated heterocycles. The van der Waals surface area contributed by atoms with E-state index in [-0.39, 0.29) is 12.5 Å². The molecule has 0 radical (unpaired) electrons. The minimum absolute atomic E-state index is 0.0544.